The van der Waals surface area contributed by atoms with Crippen LogP contribution in [-0.2, 0) is 16.6 Å². The fraction of sp³-hybridized carbons (Fsp3) is 0.250. The molecule has 0 amide bonds. The minimum atomic E-state index is -3.44. The molecular formula is C28H30N4O3S. The Morgan fingerprint density at radius 2 is 1.75 bits per heavy atom. The van der Waals surface area contributed by atoms with Gasteiger partial charge in [-0.15, -0.1) is 0 Å². The van der Waals surface area contributed by atoms with Gasteiger partial charge >= 0.3 is 0 Å². The fourth-order valence-corrected chi connectivity index (χ4v) is 5.23. The number of likely N-dealkylation sites (tertiary alicyclic amines) is 1. The first kappa shape index (κ1) is 24.1. The van der Waals surface area contributed by atoms with Crippen molar-refractivity contribution in [2.75, 3.05) is 23.6 Å². The number of H-pyrrole nitrogens is 1. The molecule has 0 aliphatic carbocycles. The van der Waals surface area contributed by atoms with Crippen LogP contribution in [0.1, 0.15) is 36.5 Å². The molecule has 0 bridgehead atoms. The van der Waals surface area contributed by atoms with Crippen molar-refractivity contribution >= 4 is 38.0 Å². The number of aromatic nitrogens is 1. The Balaban J connectivity index is 1.57. The van der Waals surface area contributed by atoms with E-state index >= 15 is 0 Å². The molecule has 2 heterocycles. The van der Waals surface area contributed by atoms with Gasteiger partial charge in [0.2, 0.25) is 10.0 Å². The largest absolute Gasteiger partial charge is 0.494 e. The molecule has 5 rings (SSSR count). The molecule has 0 saturated carbocycles. The number of hydrogen-bond acceptors (Lipinski definition) is 5. The number of aromatic amines is 1. The van der Waals surface area contributed by atoms with Crippen LogP contribution in [0.2, 0.25) is 0 Å². The van der Waals surface area contributed by atoms with Gasteiger partial charge in [0.05, 0.1) is 22.7 Å². The Labute approximate surface area is 211 Å². The molecule has 4 aromatic rings. The molecule has 7 nitrogen and oxygen atoms in total. The van der Waals surface area contributed by atoms with Crippen LogP contribution in [-0.4, -0.2) is 48.0 Å². The summed E-state index contributed by atoms with van der Waals surface area (Å²) in [5.74, 6) is -0.0467. The summed E-state index contributed by atoms with van der Waals surface area (Å²) in [5.41, 5.74) is 5.11. The van der Waals surface area contributed by atoms with Crippen molar-refractivity contribution in [1.82, 2.24) is 9.88 Å². The number of nitrogens with one attached hydrogen (secondary N) is 2. The second-order valence-electron chi connectivity index (χ2n) is 9.09. The minimum absolute atomic E-state index is 0.0197. The monoisotopic (exact) mass is 502 g/mol. The van der Waals surface area contributed by atoms with E-state index in [2.05, 4.69) is 26.7 Å². The normalized spacial score (nSPS) is 15.0. The molecule has 1 aromatic heterocycles. The molecule has 36 heavy (non-hydrogen) atoms. The SMILES string of the molecule is CCS(=O)(=O)Nc1ccc2[nH]c(O)c(C(=Nc3ccc(CN4CCCC4)cc3)c3ccccc3)c2c1. The molecule has 8 heteroatoms. The maximum atomic E-state index is 12.1. The van der Waals surface area contributed by atoms with E-state index in [1.54, 1.807) is 25.1 Å². The summed E-state index contributed by atoms with van der Waals surface area (Å²) >= 11 is 0. The van der Waals surface area contributed by atoms with E-state index in [0.717, 1.165) is 30.9 Å². The molecule has 3 N–H and O–H groups in total. The predicted octanol–water partition coefficient (Wildman–Crippen LogP) is 5.40. The first-order valence-electron chi connectivity index (χ1n) is 12.2. The van der Waals surface area contributed by atoms with Crippen molar-refractivity contribution in [3.63, 3.8) is 0 Å². The van der Waals surface area contributed by atoms with Crippen LogP contribution in [0.5, 0.6) is 5.88 Å². The van der Waals surface area contributed by atoms with E-state index in [9.17, 15) is 13.5 Å². The summed E-state index contributed by atoms with van der Waals surface area (Å²) in [6, 6.07) is 23.0. The summed E-state index contributed by atoms with van der Waals surface area (Å²) in [4.78, 5) is 10.4. The number of benzene rings is 3. The van der Waals surface area contributed by atoms with Crippen LogP contribution in [0.4, 0.5) is 11.4 Å². The quantitative estimate of drug-likeness (QED) is 0.281. The van der Waals surface area contributed by atoms with Crippen LogP contribution in [0.15, 0.2) is 77.8 Å². The Hall–Kier alpha value is -3.62. The van der Waals surface area contributed by atoms with Crippen molar-refractivity contribution < 1.29 is 13.5 Å². The highest BCUT2D eigenvalue weighted by molar-refractivity contribution is 7.92. The molecule has 0 spiro atoms. The molecule has 1 saturated heterocycles. The number of aromatic hydroxyl groups is 1. The van der Waals surface area contributed by atoms with E-state index in [1.165, 1.54) is 18.4 Å². The summed E-state index contributed by atoms with van der Waals surface area (Å²) in [6.07, 6.45) is 2.52. The number of aliphatic imine (C=N–C) groups is 1. The van der Waals surface area contributed by atoms with E-state index in [4.69, 9.17) is 4.99 Å². The van der Waals surface area contributed by atoms with Crippen LogP contribution in [0.25, 0.3) is 10.9 Å². The molecular weight excluding hydrogens is 472 g/mol. The molecule has 0 atom stereocenters. The first-order chi connectivity index (χ1) is 17.4. The third-order valence-corrected chi connectivity index (χ3v) is 7.81. The van der Waals surface area contributed by atoms with E-state index in [1.807, 2.05) is 42.5 Å². The van der Waals surface area contributed by atoms with Crippen LogP contribution in [0, 0.1) is 0 Å². The van der Waals surface area contributed by atoms with E-state index in [0.29, 0.717) is 27.9 Å². The number of rotatable bonds is 8. The lowest BCUT2D eigenvalue weighted by molar-refractivity contribution is 0.331. The van der Waals surface area contributed by atoms with Gasteiger partial charge in [-0.25, -0.2) is 13.4 Å². The Morgan fingerprint density at radius 3 is 2.44 bits per heavy atom. The zero-order valence-corrected chi connectivity index (χ0v) is 21.1. The Morgan fingerprint density at radius 1 is 1.03 bits per heavy atom. The van der Waals surface area contributed by atoms with Gasteiger partial charge in [0.1, 0.15) is 0 Å². The smallest absolute Gasteiger partial charge is 0.232 e. The lowest BCUT2D eigenvalue weighted by Gasteiger charge is -2.14. The van der Waals surface area contributed by atoms with Crippen molar-refractivity contribution in [3.8, 4) is 5.88 Å². The van der Waals surface area contributed by atoms with Gasteiger partial charge in [-0.05, 0) is 68.8 Å². The van der Waals surface area contributed by atoms with Gasteiger partial charge in [0, 0.05) is 28.7 Å². The average Bonchev–Trinajstić information content (AvgIpc) is 3.51. The minimum Gasteiger partial charge on any atom is -0.494 e. The van der Waals surface area contributed by atoms with Gasteiger partial charge in [0.15, 0.2) is 5.88 Å². The van der Waals surface area contributed by atoms with E-state index < -0.39 is 10.0 Å². The molecule has 186 valence electrons. The third kappa shape index (κ3) is 5.29. The summed E-state index contributed by atoms with van der Waals surface area (Å²) in [7, 11) is -3.44. The maximum Gasteiger partial charge on any atom is 0.232 e. The van der Waals surface area contributed by atoms with Gasteiger partial charge in [-0.2, -0.15) is 0 Å². The molecule has 1 aliphatic rings. The lowest BCUT2D eigenvalue weighted by atomic mass is 10.0. The average molecular weight is 503 g/mol. The highest BCUT2D eigenvalue weighted by Gasteiger charge is 2.20. The standard InChI is InChI=1S/C28H30N4O3S/c1-2-36(34,35)31-23-14-15-25-24(18-23)26(28(33)30-25)27(21-8-4-3-5-9-21)29-22-12-10-20(11-13-22)19-32-16-6-7-17-32/h3-5,8-15,18,30-31,33H,2,6-7,16-17,19H2,1H3. The second-order valence-corrected chi connectivity index (χ2v) is 11.1. The van der Waals surface area contributed by atoms with Crippen molar-refractivity contribution in [2.24, 2.45) is 4.99 Å². The van der Waals surface area contributed by atoms with Gasteiger partial charge in [-0.1, -0.05) is 42.5 Å². The molecule has 0 radical (unpaired) electrons. The van der Waals surface area contributed by atoms with Crippen LogP contribution < -0.4 is 4.72 Å². The first-order valence-corrected chi connectivity index (χ1v) is 13.9. The van der Waals surface area contributed by atoms with Crippen molar-refractivity contribution in [3.05, 3.63) is 89.5 Å². The third-order valence-electron chi connectivity index (χ3n) is 6.50. The zero-order valence-electron chi connectivity index (χ0n) is 20.2. The summed E-state index contributed by atoms with van der Waals surface area (Å²) in [5, 5.41) is 11.6. The highest BCUT2D eigenvalue weighted by Crippen LogP contribution is 2.33. The van der Waals surface area contributed by atoms with Crippen molar-refractivity contribution in [1.29, 1.82) is 0 Å². The maximum absolute atomic E-state index is 12.1. The molecule has 1 fully saturated rings. The Kier molecular flexibility index (Phi) is 6.80. The fourth-order valence-electron chi connectivity index (χ4n) is 4.60. The van der Waals surface area contributed by atoms with Gasteiger partial charge in [-0.3, -0.25) is 9.62 Å². The van der Waals surface area contributed by atoms with Crippen LogP contribution >= 0.6 is 0 Å². The predicted molar refractivity (Wildman–Crippen MR) is 146 cm³/mol. The number of anilines is 1. The Bertz CT molecular complexity index is 1490. The van der Waals surface area contributed by atoms with Gasteiger partial charge < -0.3 is 10.1 Å². The summed E-state index contributed by atoms with van der Waals surface area (Å²) < 4.78 is 26.9. The molecule has 1 aliphatic heterocycles. The van der Waals surface area contributed by atoms with Crippen LogP contribution in [0.3, 0.4) is 0 Å². The number of hydrogen-bond donors (Lipinski definition) is 3. The number of sulfonamides is 1. The topological polar surface area (TPSA) is 97.8 Å². The van der Waals surface area contributed by atoms with Crippen molar-refractivity contribution in [2.45, 2.75) is 26.3 Å². The molecule has 0 unspecified atom stereocenters. The lowest BCUT2D eigenvalue weighted by Crippen LogP contribution is -2.18. The number of nitrogens with zero attached hydrogens (tertiary/aromatic N) is 2. The second kappa shape index (κ2) is 10.2. The van der Waals surface area contributed by atoms with E-state index in [-0.39, 0.29) is 11.6 Å². The zero-order chi connectivity index (χ0) is 25.1. The molecule has 3 aromatic carbocycles. The number of fused-ring (bicyclic) bond motifs is 1. The summed E-state index contributed by atoms with van der Waals surface area (Å²) in [6.45, 7) is 4.82. The highest BCUT2D eigenvalue weighted by atomic mass is 32.2. The van der Waals surface area contributed by atoms with Gasteiger partial charge in [0.25, 0.3) is 0 Å².